The lowest BCUT2D eigenvalue weighted by atomic mass is 10.0. The minimum Gasteiger partial charge on any atom is -0.347 e. The summed E-state index contributed by atoms with van der Waals surface area (Å²) in [7, 11) is 0. The zero-order valence-corrected chi connectivity index (χ0v) is 20.1. The van der Waals surface area contributed by atoms with Gasteiger partial charge in [0.15, 0.2) is 0 Å². The Morgan fingerprint density at radius 3 is 2.18 bits per heavy atom. The van der Waals surface area contributed by atoms with Gasteiger partial charge in [0, 0.05) is 40.0 Å². The lowest BCUT2D eigenvalue weighted by molar-refractivity contribution is 0.0942. The van der Waals surface area contributed by atoms with E-state index in [0.717, 1.165) is 28.3 Å². The van der Waals surface area contributed by atoms with E-state index in [2.05, 4.69) is 5.32 Å². The van der Waals surface area contributed by atoms with Gasteiger partial charge in [-0.15, -0.1) is 0 Å². The van der Waals surface area contributed by atoms with Gasteiger partial charge in [-0.2, -0.15) is 0 Å². The van der Waals surface area contributed by atoms with E-state index in [-0.39, 0.29) is 19.0 Å². The predicted octanol–water partition coefficient (Wildman–Crippen LogP) is 7.34. The molecule has 4 aromatic rings. The molecule has 1 heterocycles. The van der Waals surface area contributed by atoms with Gasteiger partial charge < -0.3 is 9.88 Å². The van der Waals surface area contributed by atoms with Crippen LogP contribution in [0.2, 0.25) is 10.0 Å². The summed E-state index contributed by atoms with van der Waals surface area (Å²) in [5.74, 6) is -1.77. The molecule has 34 heavy (non-hydrogen) atoms. The summed E-state index contributed by atoms with van der Waals surface area (Å²) < 4.78 is 29.0. The molecule has 1 aromatic heterocycles. The number of aryl methyl sites for hydroxylation is 2. The highest BCUT2D eigenvalue weighted by molar-refractivity contribution is 6.36. The van der Waals surface area contributed by atoms with Gasteiger partial charge in [0.05, 0.1) is 6.54 Å². The first kappa shape index (κ1) is 24.0. The molecule has 1 amide bonds. The number of halogens is 4. The third-order valence-corrected chi connectivity index (χ3v) is 6.30. The number of nitrogens with one attached hydrogen (secondary N) is 1. The van der Waals surface area contributed by atoms with Crippen LogP contribution in [0.1, 0.15) is 32.7 Å². The molecule has 0 saturated carbocycles. The van der Waals surface area contributed by atoms with E-state index in [0.29, 0.717) is 26.9 Å². The quantitative estimate of drug-likeness (QED) is 0.296. The van der Waals surface area contributed by atoms with Crippen molar-refractivity contribution in [2.45, 2.75) is 26.9 Å². The number of benzene rings is 3. The van der Waals surface area contributed by atoms with E-state index in [1.54, 1.807) is 22.8 Å². The number of amides is 1. The Morgan fingerprint density at radius 1 is 0.941 bits per heavy atom. The van der Waals surface area contributed by atoms with Crippen molar-refractivity contribution in [1.29, 1.82) is 0 Å². The third kappa shape index (κ3) is 5.16. The van der Waals surface area contributed by atoms with Crippen LogP contribution in [0.25, 0.3) is 11.1 Å². The molecule has 0 unspecified atom stereocenters. The number of hydrogen-bond donors (Lipinski definition) is 1. The fourth-order valence-electron chi connectivity index (χ4n) is 3.98. The molecule has 174 valence electrons. The van der Waals surface area contributed by atoms with Crippen LogP contribution < -0.4 is 5.32 Å². The Kier molecular flexibility index (Phi) is 7.05. The average molecular weight is 499 g/mol. The standard InChI is InChI=1S/C27H22Cl2F2N2O/c1-16-6-8-19(9-7-16)25-17(2)14-33(15-22-23(28)4-3-5-24(22)29)26(25)27(34)32-13-18-10-20(30)12-21(31)11-18/h3-12,14H,13,15H2,1-2H3,(H,32,34). The molecule has 0 spiro atoms. The number of nitrogens with zero attached hydrogens (tertiary/aromatic N) is 1. The Labute approximate surface area is 206 Å². The van der Waals surface area contributed by atoms with Gasteiger partial charge in [-0.25, -0.2) is 8.78 Å². The smallest absolute Gasteiger partial charge is 0.268 e. The van der Waals surface area contributed by atoms with Crippen LogP contribution in [0.3, 0.4) is 0 Å². The Balaban J connectivity index is 1.75. The molecule has 0 aliphatic heterocycles. The SMILES string of the molecule is Cc1ccc(-c2c(C)cn(Cc3c(Cl)cccc3Cl)c2C(=O)NCc2cc(F)cc(F)c2)cc1. The Hall–Kier alpha value is -3.15. The number of hydrogen-bond acceptors (Lipinski definition) is 1. The number of aromatic nitrogens is 1. The number of carbonyl (C=O) groups excluding carboxylic acids is 1. The maximum atomic E-state index is 13.6. The van der Waals surface area contributed by atoms with E-state index < -0.39 is 11.6 Å². The second kappa shape index (κ2) is 10.00. The first-order valence-electron chi connectivity index (χ1n) is 10.7. The fraction of sp³-hybridized carbons (Fsp3) is 0.148. The zero-order chi connectivity index (χ0) is 24.4. The third-order valence-electron chi connectivity index (χ3n) is 5.59. The first-order valence-corrected chi connectivity index (χ1v) is 11.4. The maximum absolute atomic E-state index is 13.6. The zero-order valence-electron chi connectivity index (χ0n) is 18.6. The summed E-state index contributed by atoms with van der Waals surface area (Å²) >= 11 is 12.8. The molecule has 1 N–H and O–H groups in total. The monoisotopic (exact) mass is 498 g/mol. The largest absolute Gasteiger partial charge is 0.347 e. The van der Waals surface area contributed by atoms with Crippen molar-refractivity contribution in [3.63, 3.8) is 0 Å². The first-order chi connectivity index (χ1) is 16.2. The highest BCUT2D eigenvalue weighted by atomic mass is 35.5. The molecular weight excluding hydrogens is 477 g/mol. The second-order valence-electron chi connectivity index (χ2n) is 8.19. The molecule has 0 aliphatic rings. The van der Waals surface area contributed by atoms with E-state index in [1.165, 1.54) is 12.1 Å². The van der Waals surface area contributed by atoms with Crippen LogP contribution in [0.5, 0.6) is 0 Å². The van der Waals surface area contributed by atoms with E-state index in [4.69, 9.17) is 23.2 Å². The highest BCUT2D eigenvalue weighted by Crippen LogP contribution is 2.32. The van der Waals surface area contributed by atoms with Crippen molar-refractivity contribution in [1.82, 2.24) is 9.88 Å². The van der Waals surface area contributed by atoms with Crippen LogP contribution in [0.15, 0.2) is 66.9 Å². The number of carbonyl (C=O) groups is 1. The van der Waals surface area contributed by atoms with Crippen molar-refractivity contribution in [2.24, 2.45) is 0 Å². The van der Waals surface area contributed by atoms with Crippen molar-refractivity contribution < 1.29 is 13.6 Å². The van der Waals surface area contributed by atoms with Crippen molar-refractivity contribution in [2.75, 3.05) is 0 Å². The lowest BCUT2D eigenvalue weighted by Gasteiger charge is -2.14. The van der Waals surface area contributed by atoms with E-state index in [1.807, 2.05) is 44.3 Å². The van der Waals surface area contributed by atoms with Gasteiger partial charge in [-0.3, -0.25) is 4.79 Å². The Morgan fingerprint density at radius 2 is 1.56 bits per heavy atom. The van der Waals surface area contributed by atoms with Crippen LogP contribution >= 0.6 is 23.2 Å². The topological polar surface area (TPSA) is 34.0 Å². The minimum absolute atomic E-state index is 0.0298. The normalized spacial score (nSPS) is 11.0. The summed E-state index contributed by atoms with van der Waals surface area (Å²) in [6, 6.07) is 16.3. The second-order valence-corrected chi connectivity index (χ2v) is 9.00. The fourth-order valence-corrected chi connectivity index (χ4v) is 4.50. The maximum Gasteiger partial charge on any atom is 0.268 e. The molecule has 0 fully saturated rings. The molecule has 0 aliphatic carbocycles. The summed E-state index contributed by atoms with van der Waals surface area (Å²) in [6.45, 7) is 4.17. The molecule has 0 radical (unpaired) electrons. The average Bonchev–Trinajstić information content (AvgIpc) is 3.10. The van der Waals surface area contributed by atoms with Gasteiger partial charge in [0.2, 0.25) is 0 Å². The number of rotatable bonds is 6. The predicted molar refractivity (Wildman–Crippen MR) is 132 cm³/mol. The summed E-state index contributed by atoms with van der Waals surface area (Å²) in [4.78, 5) is 13.5. The van der Waals surface area contributed by atoms with Gasteiger partial charge >= 0.3 is 0 Å². The minimum atomic E-state index is -0.697. The van der Waals surface area contributed by atoms with Gasteiger partial charge in [0.25, 0.3) is 5.91 Å². The van der Waals surface area contributed by atoms with Crippen LogP contribution in [0, 0.1) is 25.5 Å². The highest BCUT2D eigenvalue weighted by Gasteiger charge is 2.22. The van der Waals surface area contributed by atoms with Crippen LogP contribution in [-0.2, 0) is 13.1 Å². The van der Waals surface area contributed by atoms with Gasteiger partial charge in [-0.05, 0) is 54.8 Å². The van der Waals surface area contributed by atoms with Crippen LogP contribution in [-0.4, -0.2) is 10.5 Å². The van der Waals surface area contributed by atoms with Crippen molar-refractivity contribution in [3.8, 4) is 11.1 Å². The molecule has 0 saturated heterocycles. The molecule has 3 aromatic carbocycles. The molecule has 3 nitrogen and oxygen atoms in total. The molecule has 0 atom stereocenters. The van der Waals surface area contributed by atoms with Crippen LogP contribution in [0.4, 0.5) is 8.78 Å². The van der Waals surface area contributed by atoms with Crippen molar-refractivity contribution in [3.05, 3.63) is 116 Å². The van der Waals surface area contributed by atoms with Gasteiger partial charge in [-0.1, -0.05) is 59.1 Å². The summed E-state index contributed by atoms with van der Waals surface area (Å²) in [5.41, 5.74) is 5.08. The molecule has 0 bridgehead atoms. The Bertz CT molecular complexity index is 1320. The van der Waals surface area contributed by atoms with Crippen molar-refractivity contribution >= 4 is 29.1 Å². The van der Waals surface area contributed by atoms with E-state index in [9.17, 15) is 13.6 Å². The molecule has 4 rings (SSSR count). The lowest BCUT2D eigenvalue weighted by Crippen LogP contribution is -2.26. The van der Waals surface area contributed by atoms with Gasteiger partial charge in [0.1, 0.15) is 17.3 Å². The molecule has 7 heteroatoms. The van der Waals surface area contributed by atoms with E-state index >= 15 is 0 Å². The molecular formula is C27H22Cl2F2N2O. The summed E-state index contributed by atoms with van der Waals surface area (Å²) in [6.07, 6.45) is 1.88. The summed E-state index contributed by atoms with van der Waals surface area (Å²) in [5, 5.41) is 3.80.